The Hall–Kier alpha value is -3.35. The zero-order valence-electron chi connectivity index (χ0n) is 16.0. The molecule has 0 spiro atoms. The molecule has 2 aromatic rings. The highest BCUT2D eigenvalue weighted by Crippen LogP contribution is 2.28. The third-order valence-electron chi connectivity index (χ3n) is 4.21. The molecule has 0 heterocycles. The maximum Gasteiger partial charge on any atom is 0.404 e. The average molecular weight is 383 g/mol. The highest BCUT2D eigenvalue weighted by molar-refractivity contribution is 6.03. The summed E-state index contributed by atoms with van der Waals surface area (Å²) in [7, 11) is 0. The summed E-state index contributed by atoms with van der Waals surface area (Å²) in [5.41, 5.74) is 13.0. The molecule has 0 aliphatic heterocycles. The van der Waals surface area contributed by atoms with Crippen LogP contribution in [0.15, 0.2) is 48.5 Å². The van der Waals surface area contributed by atoms with Gasteiger partial charge in [0, 0.05) is 5.56 Å². The van der Waals surface area contributed by atoms with Crippen molar-refractivity contribution in [3.63, 3.8) is 0 Å². The molecule has 148 valence electrons. The van der Waals surface area contributed by atoms with E-state index in [1.807, 2.05) is 26.0 Å². The van der Waals surface area contributed by atoms with E-state index in [1.165, 1.54) is 0 Å². The van der Waals surface area contributed by atoms with Gasteiger partial charge in [0.25, 0.3) is 5.91 Å². The summed E-state index contributed by atoms with van der Waals surface area (Å²) in [5.74, 6) is -0.778. The molecule has 0 saturated heterocycles. The fourth-order valence-corrected chi connectivity index (χ4v) is 2.93. The lowest BCUT2D eigenvalue weighted by Gasteiger charge is -2.19. The minimum absolute atomic E-state index is 0.0152. The van der Waals surface area contributed by atoms with Crippen LogP contribution in [0.25, 0.3) is 11.1 Å². The quantitative estimate of drug-likeness (QED) is 0.648. The topological polar surface area (TPSA) is 125 Å². The minimum Gasteiger partial charge on any atom is -0.445 e. The standard InChI is InChI=1S/C21H25N3O4/c1-13(2)11-18(19(22)25)24-20(26)17-10-6-5-9-16(17)15-8-4-3-7-14(15)12-28-21(23)27/h3-10,13,18H,11-12H2,1-2H3,(H2,22,25)(H2,23,27)(H,24,26). The molecule has 0 radical (unpaired) electrons. The molecule has 7 nitrogen and oxygen atoms in total. The van der Waals surface area contributed by atoms with Gasteiger partial charge >= 0.3 is 6.09 Å². The summed E-state index contributed by atoms with van der Waals surface area (Å²) < 4.78 is 4.91. The fourth-order valence-electron chi connectivity index (χ4n) is 2.93. The molecular weight excluding hydrogens is 358 g/mol. The number of primary amides is 2. The van der Waals surface area contributed by atoms with Crippen LogP contribution in [0.2, 0.25) is 0 Å². The molecule has 5 N–H and O–H groups in total. The number of hydrogen-bond acceptors (Lipinski definition) is 4. The lowest BCUT2D eigenvalue weighted by atomic mass is 9.94. The smallest absolute Gasteiger partial charge is 0.404 e. The van der Waals surface area contributed by atoms with Gasteiger partial charge in [0.05, 0.1) is 0 Å². The van der Waals surface area contributed by atoms with Crippen LogP contribution < -0.4 is 16.8 Å². The van der Waals surface area contributed by atoms with E-state index in [1.54, 1.807) is 36.4 Å². The molecule has 1 unspecified atom stereocenters. The maximum absolute atomic E-state index is 12.9. The first-order chi connectivity index (χ1) is 13.3. The van der Waals surface area contributed by atoms with Gasteiger partial charge in [-0.3, -0.25) is 9.59 Å². The molecule has 0 saturated carbocycles. The van der Waals surface area contributed by atoms with Crippen molar-refractivity contribution < 1.29 is 19.1 Å². The second-order valence-corrected chi connectivity index (χ2v) is 6.87. The van der Waals surface area contributed by atoms with Crippen molar-refractivity contribution in [1.82, 2.24) is 5.32 Å². The number of carbonyl (C=O) groups excluding carboxylic acids is 3. The molecule has 0 fully saturated rings. The van der Waals surface area contributed by atoms with E-state index in [-0.39, 0.29) is 12.5 Å². The monoisotopic (exact) mass is 383 g/mol. The summed E-state index contributed by atoms with van der Waals surface area (Å²) in [6, 6.07) is 13.5. The van der Waals surface area contributed by atoms with Gasteiger partial charge in [0.2, 0.25) is 5.91 Å². The molecule has 0 bridgehead atoms. The summed E-state index contributed by atoms with van der Waals surface area (Å²) in [6.45, 7) is 3.88. The van der Waals surface area contributed by atoms with Gasteiger partial charge in [-0.05, 0) is 35.1 Å². The summed E-state index contributed by atoms with van der Waals surface area (Å²) in [5, 5.41) is 2.73. The summed E-state index contributed by atoms with van der Waals surface area (Å²) in [4.78, 5) is 35.6. The zero-order chi connectivity index (χ0) is 20.7. The Morgan fingerprint density at radius 1 is 0.964 bits per heavy atom. The maximum atomic E-state index is 12.9. The Bertz CT molecular complexity index is 864. The van der Waals surface area contributed by atoms with Gasteiger partial charge in [-0.25, -0.2) is 4.79 Å². The average Bonchev–Trinajstić information content (AvgIpc) is 2.65. The van der Waals surface area contributed by atoms with Crippen molar-refractivity contribution in [3.8, 4) is 11.1 Å². The highest BCUT2D eigenvalue weighted by atomic mass is 16.5. The number of rotatable bonds is 8. The van der Waals surface area contributed by atoms with Crippen LogP contribution in [-0.4, -0.2) is 23.9 Å². The van der Waals surface area contributed by atoms with Crippen LogP contribution >= 0.6 is 0 Å². The number of nitrogens with one attached hydrogen (secondary N) is 1. The molecule has 3 amide bonds. The van der Waals surface area contributed by atoms with E-state index in [9.17, 15) is 14.4 Å². The van der Waals surface area contributed by atoms with Gasteiger partial charge in [-0.2, -0.15) is 0 Å². The van der Waals surface area contributed by atoms with Gasteiger partial charge in [-0.15, -0.1) is 0 Å². The summed E-state index contributed by atoms with van der Waals surface area (Å²) >= 11 is 0. The molecule has 1 atom stereocenters. The van der Waals surface area contributed by atoms with E-state index < -0.39 is 23.9 Å². The first-order valence-corrected chi connectivity index (χ1v) is 8.99. The van der Waals surface area contributed by atoms with E-state index in [4.69, 9.17) is 16.2 Å². The van der Waals surface area contributed by atoms with Gasteiger partial charge < -0.3 is 21.5 Å². The van der Waals surface area contributed by atoms with Crippen molar-refractivity contribution in [3.05, 3.63) is 59.7 Å². The first kappa shape index (κ1) is 21.0. The van der Waals surface area contributed by atoms with Gasteiger partial charge in [0.15, 0.2) is 0 Å². The molecule has 2 aromatic carbocycles. The van der Waals surface area contributed by atoms with Crippen molar-refractivity contribution >= 4 is 17.9 Å². The Kier molecular flexibility index (Phi) is 7.14. The lowest BCUT2D eigenvalue weighted by molar-refractivity contribution is -0.120. The van der Waals surface area contributed by atoms with Crippen LogP contribution in [0, 0.1) is 5.92 Å². The number of ether oxygens (including phenoxy) is 1. The van der Waals surface area contributed by atoms with Crippen LogP contribution in [0.1, 0.15) is 36.2 Å². The second kappa shape index (κ2) is 9.55. The van der Waals surface area contributed by atoms with Crippen LogP contribution in [0.5, 0.6) is 0 Å². The molecular formula is C21H25N3O4. The number of nitrogens with two attached hydrogens (primary N) is 2. The van der Waals surface area contributed by atoms with Crippen molar-refractivity contribution in [2.24, 2.45) is 17.4 Å². The SMILES string of the molecule is CC(C)CC(NC(=O)c1ccccc1-c1ccccc1COC(N)=O)C(N)=O. The van der Waals surface area contributed by atoms with E-state index >= 15 is 0 Å². The van der Waals surface area contributed by atoms with E-state index in [0.717, 1.165) is 5.56 Å². The third-order valence-corrected chi connectivity index (χ3v) is 4.21. The fraction of sp³-hybridized carbons (Fsp3) is 0.286. The predicted molar refractivity (Wildman–Crippen MR) is 106 cm³/mol. The van der Waals surface area contributed by atoms with Crippen LogP contribution in [-0.2, 0) is 16.1 Å². The Morgan fingerprint density at radius 3 is 2.18 bits per heavy atom. The third kappa shape index (κ3) is 5.57. The predicted octanol–water partition coefficient (Wildman–Crippen LogP) is 2.58. The summed E-state index contributed by atoms with van der Waals surface area (Å²) in [6.07, 6.45) is -0.425. The largest absolute Gasteiger partial charge is 0.445 e. The van der Waals surface area contributed by atoms with Crippen LogP contribution in [0.3, 0.4) is 0 Å². The Labute approximate surface area is 164 Å². The zero-order valence-corrected chi connectivity index (χ0v) is 16.0. The second-order valence-electron chi connectivity index (χ2n) is 6.87. The van der Waals surface area contributed by atoms with Crippen molar-refractivity contribution in [2.45, 2.75) is 32.9 Å². The number of hydrogen-bond donors (Lipinski definition) is 3. The lowest BCUT2D eigenvalue weighted by Crippen LogP contribution is -2.45. The molecule has 7 heteroatoms. The van der Waals surface area contributed by atoms with Crippen molar-refractivity contribution in [2.75, 3.05) is 0 Å². The van der Waals surface area contributed by atoms with Gasteiger partial charge in [0.1, 0.15) is 12.6 Å². The van der Waals surface area contributed by atoms with Crippen LogP contribution in [0.4, 0.5) is 4.79 Å². The van der Waals surface area contributed by atoms with Gasteiger partial charge in [-0.1, -0.05) is 56.3 Å². The number of benzene rings is 2. The number of carbonyl (C=O) groups is 3. The molecule has 0 aromatic heterocycles. The molecule has 2 rings (SSSR count). The minimum atomic E-state index is -0.876. The molecule has 0 aliphatic rings. The Balaban J connectivity index is 2.37. The first-order valence-electron chi connectivity index (χ1n) is 8.99. The highest BCUT2D eigenvalue weighted by Gasteiger charge is 2.22. The van der Waals surface area contributed by atoms with E-state index in [2.05, 4.69) is 5.32 Å². The number of amides is 3. The van der Waals surface area contributed by atoms with Crippen molar-refractivity contribution in [1.29, 1.82) is 0 Å². The Morgan fingerprint density at radius 2 is 1.57 bits per heavy atom. The molecule has 28 heavy (non-hydrogen) atoms. The van der Waals surface area contributed by atoms with E-state index in [0.29, 0.717) is 23.1 Å². The normalized spacial score (nSPS) is 11.7. The molecule has 0 aliphatic carbocycles.